The average molecular weight is 377 g/mol. The van der Waals surface area contributed by atoms with Gasteiger partial charge in [-0.2, -0.15) is 0 Å². The molecule has 0 unspecified atom stereocenters. The van der Waals surface area contributed by atoms with E-state index in [1.807, 2.05) is 13.8 Å². The lowest BCUT2D eigenvalue weighted by atomic mass is 9.93. The van der Waals surface area contributed by atoms with Gasteiger partial charge in [0.2, 0.25) is 0 Å². The number of nitrogens with one attached hydrogen (secondary N) is 2. The van der Waals surface area contributed by atoms with E-state index in [0.717, 1.165) is 38.9 Å². The summed E-state index contributed by atoms with van der Waals surface area (Å²) >= 11 is 0. The molecule has 0 radical (unpaired) electrons. The minimum absolute atomic E-state index is 0.0959. The molecule has 2 aliphatic rings. The second-order valence-corrected chi connectivity index (χ2v) is 8.41. The Balaban J connectivity index is 1.60. The van der Waals surface area contributed by atoms with Gasteiger partial charge in [0.1, 0.15) is 37.5 Å². The van der Waals surface area contributed by atoms with E-state index in [2.05, 4.69) is 29.3 Å². The van der Waals surface area contributed by atoms with Crippen LogP contribution in [0.25, 0.3) is 0 Å². The van der Waals surface area contributed by atoms with Crippen LogP contribution in [0.3, 0.4) is 0 Å². The van der Waals surface area contributed by atoms with E-state index in [0.29, 0.717) is 22.9 Å². The van der Waals surface area contributed by atoms with Gasteiger partial charge in [-0.15, -0.1) is 0 Å². The van der Waals surface area contributed by atoms with E-state index in [1.165, 1.54) is 32.6 Å². The van der Waals surface area contributed by atoms with Gasteiger partial charge in [-0.3, -0.25) is 4.79 Å². The summed E-state index contributed by atoms with van der Waals surface area (Å²) in [4.78, 5) is 18.6. The fraction of sp³-hybridized carbons (Fsp3) is 0.714. The Labute approximate surface area is 163 Å². The number of piperazine rings is 1. The van der Waals surface area contributed by atoms with Crippen LogP contribution in [0.15, 0.2) is 16.7 Å². The van der Waals surface area contributed by atoms with Crippen LogP contribution in [0.5, 0.6) is 0 Å². The molecule has 1 fully saturated rings. The minimum atomic E-state index is 0.0959. The van der Waals surface area contributed by atoms with Gasteiger partial charge in [-0.05, 0) is 39.0 Å². The lowest BCUT2D eigenvalue weighted by molar-refractivity contribution is -1.00. The molecule has 2 N–H and O–H groups in total. The molecule has 6 nitrogen and oxygen atoms in total. The van der Waals surface area contributed by atoms with Crippen LogP contribution in [0.1, 0.15) is 47.5 Å². The Morgan fingerprint density at radius 3 is 2.67 bits per heavy atom. The molecule has 3 rings (SSSR count). The van der Waals surface area contributed by atoms with Crippen molar-refractivity contribution >= 4 is 5.91 Å². The molecule has 1 aliphatic carbocycles. The fourth-order valence-electron chi connectivity index (χ4n) is 4.36. The van der Waals surface area contributed by atoms with Gasteiger partial charge in [0.15, 0.2) is 0 Å². The van der Waals surface area contributed by atoms with Crippen molar-refractivity contribution in [3.8, 4) is 0 Å². The van der Waals surface area contributed by atoms with Gasteiger partial charge < -0.3 is 19.2 Å². The molecule has 0 saturated carbocycles. The van der Waals surface area contributed by atoms with Gasteiger partial charge in [0, 0.05) is 19.5 Å². The zero-order valence-corrected chi connectivity index (χ0v) is 17.2. The molecule has 0 spiro atoms. The van der Waals surface area contributed by atoms with Gasteiger partial charge in [0.05, 0.1) is 19.3 Å². The highest BCUT2D eigenvalue weighted by atomic mass is 16.5. The van der Waals surface area contributed by atoms with Crippen LogP contribution in [0, 0.1) is 19.8 Å². The number of hydrogen-bond donors (Lipinski definition) is 2. The van der Waals surface area contributed by atoms with Crippen LogP contribution in [-0.4, -0.2) is 68.8 Å². The molecule has 2 heterocycles. The molecule has 0 aromatic carbocycles. The van der Waals surface area contributed by atoms with Crippen molar-refractivity contribution < 1.29 is 19.1 Å². The van der Waals surface area contributed by atoms with Gasteiger partial charge in [-0.1, -0.05) is 17.3 Å². The molecule has 1 aromatic rings. The summed E-state index contributed by atoms with van der Waals surface area (Å²) in [6, 6.07) is 0. The summed E-state index contributed by atoms with van der Waals surface area (Å²) < 4.78 is 5.25. The van der Waals surface area contributed by atoms with E-state index in [9.17, 15) is 4.79 Å². The summed E-state index contributed by atoms with van der Waals surface area (Å²) in [6.45, 7) is 11.5. The molecule has 1 amide bonds. The van der Waals surface area contributed by atoms with Crippen molar-refractivity contribution in [3.05, 3.63) is 29.2 Å². The molecule has 150 valence electrons. The molecule has 1 aliphatic heterocycles. The molecular formula is C21H36N4O2+2. The standard InChI is InChI=1S/C21H34N4O2/c1-17-20(18(2)27-22-17)21(26)25(16-19-8-5-4-6-9-19)11-7-10-24-14-12-23(3)13-15-24/h4-5,19H,6-16H2,1-3H3/p+2/t19-/m1/s1. The highest BCUT2D eigenvalue weighted by Crippen LogP contribution is 2.22. The quantitative estimate of drug-likeness (QED) is 0.653. The lowest BCUT2D eigenvalue weighted by Gasteiger charge is -2.30. The van der Waals surface area contributed by atoms with Gasteiger partial charge in [-0.25, -0.2) is 0 Å². The highest BCUT2D eigenvalue weighted by molar-refractivity contribution is 5.96. The van der Waals surface area contributed by atoms with Crippen molar-refractivity contribution in [2.45, 2.75) is 39.5 Å². The Morgan fingerprint density at radius 2 is 2.04 bits per heavy atom. The number of allylic oxidation sites excluding steroid dienone is 2. The van der Waals surface area contributed by atoms with Crippen LogP contribution in [0.4, 0.5) is 0 Å². The molecule has 0 bridgehead atoms. The van der Waals surface area contributed by atoms with Crippen molar-refractivity contribution in [2.75, 3.05) is 52.9 Å². The van der Waals surface area contributed by atoms with Crippen molar-refractivity contribution in [1.82, 2.24) is 10.1 Å². The summed E-state index contributed by atoms with van der Waals surface area (Å²) in [5.41, 5.74) is 1.37. The fourth-order valence-corrected chi connectivity index (χ4v) is 4.36. The molecule has 1 aromatic heterocycles. The number of carbonyl (C=O) groups is 1. The number of aromatic nitrogens is 1. The Hall–Kier alpha value is -1.66. The third kappa shape index (κ3) is 5.42. The molecular weight excluding hydrogens is 340 g/mol. The predicted octanol–water partition coefficient (Wildman–Crippen LogP) is -0.107. The SMILES string of the molecule is Cc1noc(C)c1C(=O)N(CCC[NH+]1CC[NH+](C)CC1)C[C@@H]1CC=CCC1. The first kappa shape index (κ1) is 20.1. The first-order valence-electron chi connectivity index (χ1n) is 10.6. The monoisotopic (exact) mass is 376 g/mol. The van der Waals surface area contributed by atoms with Crippen LogP contribution < -0.4 is 9.80 Å². The van der Waals surface area contributed by atoms with Crippen molar-refractivity contribution in [1.29, 1.82) is 0 Å². The van der Waals surface area contributed by atoms with Gasteiger partial charge >= 0.3 is 0 Å². The Bertz CT molecular complexity index is 627. The highest BCUT2D eigenvalue weighted by Gasteiger charge is 2.26. The third-order valence-corrected chi connectivity index (χ3v) is 6.16. The average Bonchev–Trinajstić information content (AvgIpc) is 3.01. The lowest BCUT2D eigenvalue weighted by Crippen LogP contribution is -3.27. The normalized spacial score (nSPS) is 25.5. The van der Waals surface area contributed by atoms with E-state index in [4.69, 9.17) is 4.52 Å². The number of aryl methyl sites for hydroxylation is 2. The zero-order chi connectivity index (χ0) is 19.2. The number of likely N-dealkylation sites (N-methyl/N-ethyl adjacent to an activating group) is 1. The smallest absolute Gasteiger partial charge is 0.259 e. The number of quaternary nitrogens is 2. The molecule has 6 heteroatoms. The molecule has 27 heavy (non-hydrogen) atoms. The summed E-state index contributed by atoms with van der Waals surface area (Å²) in [5, 5.41) is 3.99. The second kappa shape index (κ2) is 9.51. The first-order chi connectivity index (χ1) is 13.0. The third-order valence-electron chi connectivity index (χ3n) is 6.16. The maximum absolute atomic E-state index is 13.2. The van der Waals surface area contributed by atoms with Crippen molar-refractivity contribution in [2.24, 2.45) is 5.92 Å². The summed E-state index contributed by atoms with van der Waals surface area (Å²) in [6.07, 6.45) is 8.98. The summed E-state index contributed by atoms with van der Waals surface area (Å²) in [5.74, 6) is 1.30. The van der Waals surface area contributed by atoms with Crippen LogP contribution in [-0.2, 0) is 0 Å². The number of amides is 1. The van der Waals surface area contributed by atoms with E-state index in [1.54, 1.807) is 9.80 Å². The largest absolute Gasteiger partial charge is 0.361 e. The van der Waals surface area contributed by atoms with E-state index >= 15 is 0 Å². The predicted molar refractivity (Wildman–Crippen MR) is 105 cm³/mol. The summed E-state index contributed by atoms with van der Waals surface area (Å²) in [7, 11) is 2.28. The van der Waals surface area contributed by atoms with Gasteiger partial charge in [0.25, 0.3) is 5.91 Å². The van der Waals surface area contributed by atoms with E-state index in [-0.39, 0.29) is 5.91 Å². The van der Waals surface area contributed by atoms with Crippen LogP contribution >= 0.6 is 0 Å². The van der Waals surface area contributed by atoms with Crippen LogP contribution in [0.2, 0.25) is 0 Å². The Morgan fingerprint density at radius 1 is 1.26 bits per heavy atom. The number of nitrogens with zero attached hydrogens (tertiary/aromatic N) is 2. The van der Waals surface area contributed by atoms with Crippen molar-refractivity contribution in [3.63, 3.8) is 0 Å². The first-order valence-corrected chi connectivity index (χ1v) is 10.6. The minimum Gasteiger partial charge on any atom is -0.361 e. The number of carbonyl (C=O) groups excluding carboxylic acids is 1. The van der Waals surface area contributed by atoms with E-state index < -0.39 is 0 Å². The molecule has 1 atom stereocenters. The maximum atomic E-state index is 13.2. The number of hydrogen-bond acceptors (Lipinski definition) is 3. The second-order valence-electron chi connectivity index (χ2n) is 8.41. The Kier molecular flexibility index (Phi) is 7.07. The topological polar surface area (TPSA) is 55.2 Å². The molecule has 1 saturated heterocycles. The maximum Gasteiger partial charge on any atom is 0.259 e. The number of rotatable bonds is 7. The zero-order valence-electron chi connectivity index (χ0n) is 17.2.